The highest BCUT2D eigenvalue weighted by Gasteiger charge is 2.33. The number of piperidine rings is 1. The summed E-state index contributed by atoms with van der Waals surface area (Å²) in [4.78, 5) is 12.6. The second-order valence-corrected chi connectivity index (χ2v) is 10.5. The van der Waals surface area contributed by atoms with Crippen molar-refractivity contribution in [1.82, 2.24) is 9.62 Å². The van der Waals surface area contributed by atoms with Gasteiger partial charge in [0.25, 0.3) is 0 Å². The van der Waals surface area contributed by atoms with Crippen molar-refractivity contribution in [2.24, 2.45) is 5.92 Å². The highest BCUT2D eigenvalue weighted by Crippen LogP contribution is 2.24. The van der Waals surface area contributed by atoms with Gasteiger partial charge < -0.3 is 5.32 Å². The van der Waals surface area contributed by atoms with Crippen molar-refractivity contribution < 1.29 is 17.6 Å². The third-order valence-electron chi connectivity index (χ3n) is 5.10. The summed E-state index contributed by atoms with van der Waals surface area (Å²) >= 11 is 1.76. The highest BCUT2D eigenvalue weighted by atomic mass is 32.2. The number of aryl methyl sites for hydroxylation is 1. The van der Waals surface area contributed by atoms with Gasteiger partial charge in [-0.2, -0.15) is 16.1 Å². The first kappa shape index (κ1) is 22.8. The van der Waals surface area contributed by atoms with Crippen molar-refractivity contribution in [3.8, 4) is 0 Å². The third-order valence-corrected chi connectivity index (χ3v) is 8.01. The van der Waals surface area contributed by atoms with E-state index in [0.717, 1.165) is 23.6 Å². The molecule has 1 atom stereocenters. The Kier molecular flexibility index (Phi) is 7.91. The number of hydrogen-bond acceptors (Lipinski definition) is 4. The molecule has 3 rings (SSSR count). The van der Waals surface area contributed by atoms with Gasteiger partial charge in [-0.3, -0.25) is 4.79 Å². The van der Waals surface area contributed by atoms with E-state index in [2.05, 4.69) is 30.4 Å². The number of carbonyl (C=O) groups excluding carboxylic acids is 1. The van der Waals surface area contributed by atoms with Gasteiger partial charge in [-0.05, 0) is 49.6 Å². The monoisotopic (exact) mass is 450 g/mol. The van der Waals surface area contributed by atoms with Crippen molar-refractivity contribution in [3.05, 3.63) is 65.5 Å². The predicted molar refractivity (Wildman–Crippen MR) is 118 cm³/mol. The molecule has 1 unspecified atom stereocenters. The number of nitrogens with one attached hydrogen (secondary N) is 1. The first-order valence-corrected chi connectivity index (χ1v) is 12.6. The number of halogens is 1. The van der Waals surface area contributed by atoms with Gasteiger partial charge in [0.2, 0.25) is 15.9 Å². The largest absolute Gasteiger partial charge is 0.355 e. The van der Waals surface area contributed by atoms with Crippen LogP contribution in [0.25, 0.3) is 0 Å². The molecule has 1 heterocycles. The SMILES string of the molecule is Cc1cccc(CSCCNC(=O)C2CCCN(S(=O)(=O)c3ccc(F)cc3)C2)c1. The molecule has 0 aliphatic carbocycles. The Morgan fingerprint density at radius 3 is 2.73 bits per heavy atom. The lowest BCUT2D eigenvalue weighted by Gasteiger charge is -2.31. The van der Waals surface area contributed by atoms with Crippen LogP contribution in [0.15, 0.2) is 53.4 Å². The molecule has 1 N–H and O–H groups in total. The van der Waals surface area contributed by atoms with E-state index < -0.39 is 15.8 Å². The molecule has 0 saturated carbocycles. The molecule has 1 saturated heterocycles. The van der Waals surface area contributed by atoms with Gasteiger partial charge in [-0.25, -0.2) is 12.8 Å². The van der Waals surface area contributed by atoms with E-state index in [1.807, 2.05) is 6.07 Å². The summed E-state index contributed by atoms with van der Waals surface area (Å²) in [6.45, 7) is 3.15. The summed E-state index contributed by atoms with van der Waals surface area (Å²) in [6.07, 6.45) is 1.29. The maximum atomic E-state index is 13.1. The van der Waals surface area contributed by atoms with Crippen LogP contribution in [0.5, 0.6) is 0 Å². The van der Waals surface area contributed by atoms with Crippen LogP contribution in [0, 0.1) is 18.7 Å². The van der Waals surface area contributed by atoms with Crippen LogP contribution in [0.2, 0.25) is 0 Å². The van der Waals surface area contributed by atoms with Crippen molar-refractivity contribution in [1.29, 1.82) is 0 Å². The Bertz CT molecular complexity index is 965. The summed E-state index contributed by atoms with van der Waals surface area (Å²) in [5, 5.41) is 2.94. The zero-order valence-corrected chi connectivity index (χ0v) is 18.6. The fourth-order valence-electron chi connectivity index (χ4n) is 3.51. The molecule has 162 valence electrons. The zero-order valence-electron chi connectivity index (χ0n) is 17.0. The number of hydrogen-bond donors (Lipinski definition) is 1. The fourth-order valence-corrected chi connectivity index (χ4v) is 5.84. The van der Waals surface area contributed by atoms with Crippen molar-refractivity contribution >= 4 is 27.7 Å². The maximum absolute atomic E-state index is 13.1. The Balaban J connectivity index is 1.46. The standard InChI is InChI=1S/C22H27FN2O3S2/c1-17-4-2-5-18(14-17)16-29-13-11-24-22(26)19-6-3-12-25(15-19)30(27,28)21-9-7-20(23)8-10-21/h2,4-5,7-10,14,19H,3,6,11-13,15-16H2,1H3,(H,24,26). The number of benzene rings is 2. The summed E-state index contributed by atoms with van der Waals surface area (Å²) in [7, 11) is -3.73. The van der Waals surface area contributed by atoms with Gasteiger partial charge in [0.1, 0.15) is 5.82 Å². The summed E-state index contributed by atoms with van der Waals surface area (Å²) < 4.78 is 40.0. The van der Waals surface area contributed by atoms with Crippen LogP contribution in [0.1, 0.15) is 24.0 Å². The summed E-state index contributed by atoms with van der Waals surface area (Å²) in [6, 6.07) is 13.2. The topological polar surface area (TPSA) is 66.5 Å². The summed E-state index contributed by atoms with van der Waals surface area (Å²) in [5.41, 5.74) is 2.50. The molecule has 0 bridgehead atoms. The number of rotatable bonds is 8. The molecule has 0 spiro atoms. The smallest absolute Gasteiger partial charge is 0.243 e. The number of amides is 1. The van der Waals surface area contributed by atoms with Crippen molar-refractivity contribution in [2.75, 3.05) is 25.4 Å². The second kappa shape index (κ2) is 10.4. The molecule has 1 aliphatic rings. The minimum atomic E-state index is -3.73. The van der Waals surface area contributed by atoms with Crippen LogP contribution < -0.4 is 5.32 Å². The molecule has 1 fully saturated rings. The number of thioether (sulfide) groups is 1. The zero-order chi connectivity index (χ0) is 21.6. The molecule has 2 aromatic carbocycles. The van der Waals surface area contributed by atoms with Gasteiger partial charge in [-0.15, -0.1) is 0 Å². The van der Waals surface area contributed by atoms with Crippen LogP contribution in [0.3, 0.4) is 0 Å². The lowest BCUT2D eigenvalue weighted by molar-refractivity contribution is -0.125. The van der Waals surface area contributed by atoms with E-state index in [1.165, 1.54) is 27.6 Å². The minimum absolute atomic E-state index is 0.0532. The molecule has 5 nitrogen and oxygen atoms in total. The Morgan fingerprint density at radius 2 is 2.00 bits per heavy atom. The van der Waals surface area contributed by atoms with E-state index in [9.17, 15) is 17.6 Å². The molecule has 1 amide bonds. The minimum Gasteiger partial charge on any atom is -0.355 e. The third kappa shape index (κ3) is 6.06. The predicted octanol–water partition coefficient (Wildman–Crippen LogP) is 3.58. The van der Waals surface area contributed by atoms with E-state index >= 15 is 0 Å². The van der Waals surface area contributed by atoms with E-state index in [1.54, 1.807) is 11.8 Å². The first-order chi connectivity index (χ1) is 14.4. The van der Waals surface area contributed by atoms with Gasteiger partial charge in [0.05, 0.1) is 10.8 Å². The van der Waals surface area contributed by atoms with Gasteiger partial charge in [0, 0.05) is 31.1 Å². The summed E-state index contributed by atoms with van der Waals surface area (Å²) in [5.74, 6) is 0.736. The molecular formula is C22H27FN2O3S2. The molecule has 30 heavy (non-hydrogen) atoms. The van der Waals surface area contributed by atoms with Crippen LogP contribution in [-0.4, -0.2) is 44.0 Å². The van der Waals surface area contributed by atoms with Crippen molar-refractivity contribution in [2.45, 2.75) is 30.4 Å². The Labute approximate surface area is 182 Å². The van der Waals surface area contributed by atoms with Gasteiger partial charge in [-0.1, -0.05) is 29.8 Å². The van der Waals surface area contributed by atoms with E-state index in [0.29, 0.717) is 25.9 Å². The van der Waals surface area contributed by atoms with E-state index in [4.69, 9.17) is 0 Å². The lowest BCUT2D eigenvalue weighted by atomic mass is 9.99. The van der Waals surface area contributed by atoms with Crippen molar-refractivity contribution in [3.63, 3.8) is 0 Å². The normalized spacial score (nSPS) is 17.6. The lowest BCUT2D eigenvalue weighted by Crippen LogP contribution is -2.45. The molecule has 8 heteroatoms. The molecule has 0 radical (unpaired) electrons. The second-order valence-electron chi connectivity index (χ2n) is 7.49. The quantitative estimate of drug-likeness (QED) is 0.625. The fraction of sp³-hybridized carbons (Fsp3) is 0.409. The Morgan fingerprint density at radius 1 is 1.23 bits per heavy atom. The molecule has 1 aliphatic heterocycles. The molecule has 0 aromatic heterocycles. The number of nitrogens with zero attached hydrogens (tertiary/aromatic N) is 1. The maximum Gasteiger partial charge on any atom is 0.243 e. The van der Waals surface area contributed by atoms with Crippen LogP contribution in [0.4, 0.5) is 4.39 Å². The first-order valence-electron chi connectivity index (χ1n) is 10.0. The average Bonchev–Trinajstić information content (AvgIpc) is 2.74. The van der Waals surface area contributed by atoms with Gasteiger partial charge >= 0.3 is 0 Å². The van der Waals surface area contributed by atoms with Crippen LogP contribution >= 0.6 is 11.8 Å². The number of sulfonamides is 1. The Hall–Kier alpha value is -1.90. The van der Waals surface area contributed by atoms with E-state index in [-0.39, 0.29) is 23.3 Å². The highest BCUT2D eigenvalue weighted by molar-refractivity contribution is 7.98. The molecule has 2 aromatic rings. The average molecular weight is 451 g/mol. The van der Waals surface area contributed by atoms with Gasteiger partial charge in [0.15, 0.2) is 0 Å². The van der Waals surface area contributed by atoms with Crippen LogP contribution in [-0.2, 0) is 20.6 Å². The number of carbonyl (C=O) groups is 1. The molecular weight excluding hydrogens is 423 g/mol.